The van der Waals surface area contributed by atoms with Gasteiger partial charge in [-0.2, -0.15) is 0 Å². The standard InChI is InChI=1S/C24H48O2Si/c1-9-20(5)18-21(6)19-23(8)24(22(7)16-14-13-15-17-25)26-27(10-2,11-3)12-4/h16,19-21,24-25H,9-15,17-18H2,1-8H3/b22-16+,23-19+/t20-,21+,24+/m1/s1. The minimum atomic E-state index is -1.67. The van der Waals surface area contributed by atoms with E-state index in [0.717, 1.165) is 25.2 Å². The highest BCUT2D eigenvalue weighted by atomic mass is 28.4. The molecule has 0 fully saturated rings. The average molecular weight is 397 g/mol. The molecule has 0 amide bonds. The normalized spacial score (nSPS) is 17.1. The number of aliphatic hydroxyl groups excluding tert-OH is 1. The lowest BCUT2D eigenvalue weighted by molar-refractivity contribution is 0.252. The van der Waals surface area contributed by atoms with Crippen molar-refractivity contribution in [1.29, 1.82) is 0 Å². The largest absolute Gasteiger partial charge is 0.407 e. The van der Waals surface area contributed by atoms with Crippen LogP contribution in [0.15, 0.2) is 23.3 Å². The van der Waals surface area contributed by atoms with Crippen LogP contribution >= 0.6 is 0 Å². The Morgan fingerprint density at radius 1 is 0.963 bits per heavy atom. The number of unbranched alkanes of at least 4 members (excludes halogenated alkanes) is 2. The lowest BCUT2D eigenvalue weighted by Crippen LogP contribution is -2.40. The van der Waals surface area contributed by atoms with Crippen molar-refractivity contribution in [1.82, 2.24) is 0 Å². The number of allylic oxidation sites excluding steroid dienone is 2. The lowest BCUT2D eigenvalue weighted by atomic mass is 9.92. The Bertz CT molecular complexity index is 429. The lowest BCUT2D eigenvalue weighted by Gasteiger charge is -2.35. The molecule has 2 nitrogen and oxygen atoms in total. The minimum absolute atomic E-state index is 0.130. The number of rotatable bonds is 15. The molecule has 0 aromatic heterocycles. The molecule has 1 N–H and O–H groups in total. The van der Waals surface area contributed by atoms with Crippen LogP contribution in [0.25, 0.3) is 0 Å². The summed E-state index contributed by atoms with van der Waals surface area (Å²) in [6.07, 6.45) is 10.4. The zero-order valence-corrected chi connectivity index (χ0v) is 20.6. The van der Waals surface area contributed by atoms with Gasteiger partial charge in [-0.05, 0) is 80.6 Å². The average Bonchev–Trinajstić information content (AvgIpc) is 2.66. The fourth-order valence-corrected chi connectivity index (χ4v) is 6.77. The van der Waals surface area contributed by atoms with Crippen LogP contribution in [0.5, 0.6) is 0 Å². The maximum Gasteiger partial charge on any atom is 0.193 e. The first-order chi connectivity index (χ1) is 12.8. The molecule has 0 aliphatic heterocycles. The second-order valence-electron chi connectivity index (χ2n) is 8.55. The van der Waals surface area contributed by atoms with Crippen LogP contribution in [0.1, 0.15) is 87.5 Å². The van der Waals surface area contributed by atoms with E-state index >= 15 is 0 Å². The number of hydrogen-bond donors (Lipinski definition) is 1. The molecular weight excluding hydrogens is 348 g/mol. The van der Waals surface area contributed by atoms with E-state index in [0.29, 0.717) is 5.92 Å². The third kappa shape index (κ3) is 10.1. The molecule has 0 bridgehead atoms. The van der Waals surface area contributed by atoms with Gasteiger partial charge in [0, 0.05) is 6.61 Å². The predicted octanol–water partition coefficient (Wildman–Crippen LogP) is 7.50. The molecule has 0 aromatic carbocycles. The highest BCUT2D eigenvalue weighted by Gasteiger charge is 2.33. The summed E-state index contributed by atoms with van der Waals surface area (Å²) in [5.41, 5.74) is 2.73. The summed E-state index contributed by atoms with van der Waals surface area (Å²) in [4.78, 5) is 0. The van der Waals surface area contributed by atoms with Crippen LogP contribution in [-0.2, 0) is 4.43 Å². The Morgan fingerprint density at radius 3 is 2.04 bits per heavy atom. The van der Waals surface area contributed by atoms with Crippen molar-refractivity contribution >= 4 is 8.32 Å². The van der Waals surface area contributed by atoms with Crippen LogP contribution in [0, 0.1) is 11.8 Å². The van der Waals surface area contributed by atoms with Gasteiger partial charge in [0.15, 0.2) is 8.32 Å². The Kier molecular flexibility index (Phi) is 14.4. The van der Waals surface area contributed by atoms with Gasteiger partial charge in [-0.1, -0.05) is 60.1 Å². The molecule has 0 saturated carbocycles. The minimum Gasteiger partial charge on any atom is -0.407 e. The molecule has 0 spiro atoms. The van der Waals surface area contributed by atoms with Crippen molar-refractivity contribution < 1.29 is 9.53 Å². The summed E-state index contributed by atoms with van der Waals surface area (Å²) < 4.78 is 6.95. The number of aliphatic hydroxyl groups is 1. The molecule has 0 aliphatic carbocycles. The predicted molar refractivity (Wildman–Crippen MR) is 124 cm³/mol. The first-order valence-electron chi connectivity index (χ1n) is 11.4. The van der Waals surface area contributed by atoms with Crippen molar-refractivity contribution in [3.8, 4) is 0 Å². The molecule has 160 valence electrons. The first kappa shape index (κ1) is 26.6. The fourth-order valence-electron chi connectivity index (χ4n) is 3.89. The molecule has 3 atom stereocenters. The van der Waals surface area contributed by atoms with E-state index in [1.807, 2.05) is 0 Å². The second kappa shape index (κ2) is 14.6. The van der Waals surface area contributed by atoms with E-state index in [-0.39, 0.29) is 12.7 Å². The monoisotopic (exact) mass is 396 g/mol. The molecule has 27 heavy (non-hydrogen) atoms. The molecule has 0 aromatic rings. The SMILES string of the molecule is CC[C@@H](C)C[C@H](C)/C=C(\C)[C@@H](O[Si](CC)(CC)CC)/C(C)=C/CCCCO. The van der Waals surface area contributed by atoms with Gasteiger partial charge in [0.05, 0.1) is 6.10 Å². The van der Waals surface area contributed by atoms with Gasteiger partial charge in [0.1, 0.15) is 0 Å². The quantitative estimate of drug-likeness (QED) is 0.176. The molecular formula is C24H48O2Si. The van der Waals surface area contributed by atoms with E-state index in [2.05, 4.69) is 67.5 Å². The van der Waals surface area contributed by atoms with Crippen molar-refractivity contribution in [2.75, 3.05) is 6.61 Å². The van der Waals surface area contributed by atoms with Crippen LogP contribution < -0.4 is 0 Å². The molecule has 0 radical (unpaired) electrons. The van der Waals surface area contributed by atoms with Crippen LogP contribution in [0.3, 0.4) is 0 Å². The Balaban J connectivity index is 5.48. The van der Waals surface area contributed by atoms with Gasteiger partial charge in [0.25, 0.3) is 0 Å². The van der Waals surface area contributed by atoms with E-state index in [9.17, 15) is 0 Å². The van der Waals surface area contributed by atoms with Gasteiger partial charge >= 0.3 is 0 Å². The maximum absolute atomic E-state index is 9.02. The van der Waals surface area contributed by atoms with Crippen LogP contribution in [0.4, 0.5) is 0 Å². The van der Waals surface area contributed by atoms with Gasteiger partial charge in [-0.25, -0.2) is 0 Å². The summed E-state index contributed by atoms with van der Waals surface area (Å²) >= 11 is 0. The molecule has 0 unspecified atom stereocenters. The van der Waals surface area contributed by atoms with Crippen molar-refractivity contribution in [2.24, 2.45) is 11.8 Å². The molecule has 0 saturated heterocycles. The first-order valence-corrected chi connectivity index (χ1v) is 14.0. The van der Waals surface area contributed by atoms with E-state index in [1.165, 1.54) is 42.1 Å². The summed E-state index contributed by atoms with van der Waals surface area (Å²) in [7, 11) is -1.67. The summed E-state index contributed by atoms with van der Waals surface area (Å²) in [6, 6.07) is 3.55. The Labute approximate surface area is 171 Å². The highest BCUT2D eigenvalue weighted by molar-refractivity contribution is 6.73. The van der Waals surface area contributed by atoms with Gasteiger partial charge in [-0.3, -0.25) is 0 Å². The van der Waals surface area contributed by atoms with Crippen molar-refractivity contribution in [3.63, 3.8) is 0 Å². The Morgan fingerprint density at radius 2 is 1.56 bits per heavy atom. The smallest absolute Gasteiger partial charge is 0.193 e. The highest BCUT2D eigenvalue weighted by Crippen LogP contribution is 2.30. The van der Waals surface area contributed by atoms with Gasteiger partial charge in [0.2, 0.25) is 0 Å². The third-order valence-corrected chi connectivity index (χ3v) is 10.8. The summed E-state index contributed by atoms with van der Waals surface area (Å²) in [5, 5.41) is 9.02. The van der Waals surface area contributed by atoms with E-state index in [1.54, 1.807) is 0 Å². The van der Waals surface area contributed by atoms with E-state index < -0.39 is 8.32 Å². The molecule has 0 heterocycles. The number of hydrogen-bond acceptors (Lipinski definition) is 2. The Hall–Kier alpha value is -0.383. The topological polar surface area (TPSA) is 29.5 Å². The fraction of sp³-hybridized carbons (Fsp3) is 0.833. The van der Waals surface area contributed by atoms with Crippen molar-refractivity contribution in [3.05, 3.63) is 23.3 Å². The second-order valence-corrected chi connectivity index (χ2v) is 13.3. The molecule has 0 aliphatic rings. The summed E-state index contributed by atoms with van der Waals surface area (Å²) in [5.74, 6) is 1.36. The van der Waals surface area contributed by atoms with Crippen LogP contribution in [0.2, 0.25) is 18.1 Å². The maximum atomic E-state index is 9.02. The van der Waals surface area contributed by atoms with Gasteiger partial charge in [-0.15, -0.1) is 0 Å². The third-order valence-electron chi connectivity index (χ3n) is 6.23. The molecule has 3 heteroatoms. The van der Waals surface area contributed by atoms with Crippen LogP contribution in [-0.4, -0.2) is 26.1 Å². The summed E-state index contributed by atoms with van der Waals surface area (Å²) in [6.45, 7) is 18.7. The zero-order chi connectivity index (χ0) is 20.9. The zero-order valence-electron chi connectivity index (χ0n) is 19.6. The van der Waals surface area contributed by atoms with E-state index in [4.69, 9.17) is 9.53 Å². The molecule has 0 rings (SSSR count). The van der Waals surface area contributed by atoms with Gasteiger partial charge < -0.3 is 9.53 Å². The van der Waals surface area contributed by atoms with Crippen molar-refractivity contribution in [2.45, 2.75) is 112 Å².